The van der Waals surface area contributed by atoms with E-state index < -0.39 is 12.1 Å². The van der Waals surface area contributed by atoms with Gasteiger partial charge in [-0.25, -0.2) is 8.78 Å². The molecule has 0 unspecified atom stereocenters. The van der Waals surface area contributed by atoms with Crippen molar-refractivity contribution in [2.45, 2.75) is 30.8 Å². The molecule has 2 rings (SSSR count). The first-order valence-electron chi connectivity index (χ1n) is 8.54. The Balaban J connectivity index is 1.63. The third kappa shape index (κ3) is 7.78. The van der Waals surface area contributed by atoms with Crippen LogP contribution in [0.5, 0.6) is 0 Å². The summed E-state index contributed by atoms with van der Waals surface area (Å²) in [7, 11) is 0. The van der Waals surface area contributed by atoms with Gasteiger partial charge in [-0.2, -0.15) is 0 Å². The third-order valence-corrected chi connectivity index (χ3v) is 4.71. The van der Waals surface area contributed by atoms with E-state index in [0.717, 1.165) is 10.5 Å². The lowest BCUT2D eigenvalue weighted by atomic mass is 10.1. The molecule has 7 heteroatoms. The topological polar surface area (TPSA) is 55.4 Å². The summed E-state index contributed by atoms with van der Waals surface area (Å²) in [6.45, 7) is 1.88. The zero-order chi connectivity index (χ0) is 19.6. The monoisotopic (exact) mass is 393 g/mol. The molecule has 1 N–H and O–H groups in total. The summed E-state index contributed by atoms with van der Waals surface area (Å²) in [5.74, 6) is -0.981. The summed E-state index contributed by atoms with van der Waals surface area (Å²) < 4.78 is 30.8. The van der Waals surface area contributed by atoms with Gasteiger partial charge in [-0.15, -0.1) is 11.8 Å². The van der Waals surface area contributed by atoms with E-state index in [1.807, 2.05) is 0 Å². The van der Waals surface area contributed by atoms with E-state index in [-0.39, 0.29) is 24.0 Å². The summed E-state index contributed by atoms with van der Waals surface area (Å²) in [6, 6.07) is 12.0. The molecule has 27 heavy (non-hydrogen) atoms. The van der Waals surface area contributed by atoms with E-state index in [4.69, 9.17) is 4.74 Å². The second-order valence-corrected chi connectivity index (χ2v) is 7.02. The highest BCUT2D eigenvalue weighted by Gasteiger charge is 2.17. The minimum Gasteiger partial charge on any atom is -0.453 e. The molecule has 0 fully saturated rings. The quantitative estimate of drug-likeness (QED) is 0.521. The van der Waals surface area contributed by atoms with Crippen molar-refractivity contribution in [1.82, 2.24) is 5.32 Å². The number of rotatable bonds is 9. The predicted octanol–water partition coefficient (Wildman–Crippen LogP) is 3.74. The van der Waals surface area contributed by atoms with Crippen molar-refractivity contribution >= 4 is 23.6 Å². The van der Waals surface area contributed by atoms with Crippen molar-refractivity contribution in [1.29, 1.82) is 0 Å². The number of carbonyl (C=O) groups excluding carboxylic acids is 2. The van der Waals surface area contributed by atoms with E-state index in [1.165, 1.54) is 43.0 Å². The first kappa shape index (κ1) is 20.9. The summed E-state index contributed by atoms with van der Waals surface area (Å²) in [4.78, 5) is 24.6. The van der Waals surface area contributed by atoms with Crippen molar-refractivity contribution < 1.29 is 23.1 Å². The fourth-order valence-electron chi connectivity index (χ4n) is 2.22. The molecule has 4 nitrogen and oxygen atoms in total. The standard InChI is InChI=1S/C20H21F2NO3S/c1-14(20(25)23-12-10-15-2-4-16(21)5-3-15)26-19(24)11-13-27-18-8-6-17(22)7-9-18/h2-9,14H,10-13H2,1H3,(H,23,25)/t14-/m0/s1. The summed E-state index contributed by atoms with van der Waals surface area (Å²) in [6.07, 6.45) is -0.183. The fraction of sp³-hybridized carbons (Fsp3) is 0.300. The smallest absolute Gasteiger partial charge is 0.307 e. The Hall–Kier alpha value is -2.41. The molecule has 1 atom stereocenters. The van der Waals surface area contributed by atoms with Crippen LogP contribution in [0.15, 0.2) is 53.4 Å². The van der Waals surface area contributed by atoms with E-state index in [9.17, 15) is 18.4 Å². The zero-order valence-corrected chi connectivity index (χ0v) is 15.7. The van der Waals surface area contributed by atoms with E-state index in [1.54, 1.807) is 24.3 Å². The molecule has 2 aromatic carbocycles. The molecular weight excluding hydrogens is 372 g/mol. The number of esters is 1. The van der Waals surface area contributed by atoms with Crippen LogP contribution in [-0.4, -0.2) is 30.3 Å². The number of ether oxygens (including phenoxy) is 1. The van der Waals surface area contributed by atoms with Crippen molar-refractivity contribution in [2.24, 2.45) is 0 Å². The molecule has 0 aliphatic heterocycles. The van der Waals surface area contributed by atoms with Gasteiger partial charge in [-0.3, -0.25) is 9.59 Å². The molecule has 0 spiro atoms. The lowest BCUT2D eigenvalue weighted by Gasteiger charge is -2.13. The van der Waals surface area contributed by atoms with Crippen LogP contribution in [-0.2, 0) is 20.7 Å². The first-order chi connectivity index (χ1) is 12.9. The molecule has 2 aromatic rings. The number of benzene rings is 2. The van der Waals surface area contributed by atoms with Gasteiger partial charge in [0.25, 0.3) is 5.91 Å². The van der Waals surface area contributed by atoms with Gasteiger partial charge in [-0.1, -0.05) is 12.1 Å². The molecule has 0 radical (unpaired) electrons. The van der Waals surface area contributed by atoms with Crippen LogP contribution in [0.1, 0.15) is 18.9 Å². The number of hydrogen-bond donors (Lipinski definition) is 1. The van der Waals surface area contributed by atoms with Gasteiger partial charge in [0.1, 0.15) is 11.6 Å². The molecule has 144 valence electrons. The number of thioether (sulfide) groups is 1. The number of carbonyl (C=O) groups is 2. The highest BCUT2D eigenvalue weighted by Crippen LogP contribution is 2.19. The number of nitrogens with one attached hydrogen (secondary N) is 1. The zero-order valence-electron chi connectivity index (χ0n) is 14.9. The largest absolute Gasteiger partial charge is 0.453 e. The van der Waals surface area contributed by atoms with Crippen LogP contribution in [0.25, 0.3) is 0 Å². The Morgan fingerprint density at radius 3 is 2.26 bits per heavy atom. The number of amides is 1. The van der Waals surface area contributed by atoms with E-state index in [0.29, 0.717) is 18.7 Å². The van der Waals surface area contributed by atoms with Gasteiger partial charge in [0.05, 0.1) is 6.42 Å². The van der Waals surface area contributed by atoms with Crippen molar-refractivity contribution in [3.8, 4) is 0 Å². The molecule has 0 aliphatic rings. The summed E-state index contributed by atoms with van der Waals surface area (Å²) in [5.41, 5.74) is 0.902. The molecule has 0 heterocycles. The van der Waals surface area contributed by atoms with Gasteiger partial charge < -0.3 is 10.1 Å². The Morgan fingerprint density at radius 2 is 1.63 bits per heavy atom. The third-order valence-electron chi connectivity index (χ3n) is 3.69. The SMILES string of the molecule is C[C@H](OC(=O)CCSc1ccc(F)cc1)C(=O)NCCc1ccc(F)cc1. The molecule has 0 aliphatic carbocycles. The fourth-order valence-corrected chi connectivity index (χ4v) is 3.05. The van der Waals surface area contributed by atoms with Crippen LogP contribution < -0.4 is 5.32 Å². The highest BCUT2D eigenvalue weighted by atomic mass is 32.2. The maximum atomic E-state index is 12.8. The van der Waals surface area contributed by atoms with E-state index in [2.05, 4.69) is 5.32 Å². The average Bonchev–Trinajstić information content (AvgIpc) is 2.65. The Morgan fingerprint density at radius 1 is 1.04 bits per heavy atom. The molecular formula is C20H21F2NO3S. The van der Waals surface area contributed by atoms with Crippen LogP contribution >= 0.6 is 11.8 Å². The minimum absolute atomic E-state index is 0.148. The Labute approximate surface area is 161 Å². The predicted molar refractivity (Wildman–Crippen MR) is 100 cm³/mol. The molecule has 0 saturated carbocycles. The van der Waals surface area contributed by atoms with Gasteiger partial charge in [-0.05, 0) is 55.3 Å². The number of hydrogen-bond acceptors (Lipinski definition) is 4. The lowest BCUT2D eigenvalue weighted by Crippen LogP contribution is -2.36. The molecule has 1 amide bonds. The summed E-state index contributed by atoms with van der Waals surface area (Å²) in [5, 5.41) is 2.69. The first-order valence-corrected chi connectivity index (χ1v) is 9.52. The van der Waals surface area contributed by atoms with Gasteiger partial charge in [0.2, 0.25) is 0 Å². The van der Waals surface area contributed by atoms with Crippen LogP contribution in [0.2, 0.25) is 0 Å². The van der Waals surface area contributed by atoms with Gasteiger partial charge in [0, 0.05) is 17.2 Å². The van der Waals surface area contributed by atoms with Crippen LogP contribution in [0.3, 0.4) is 0 Å². The summed E-state index contributed by atoms with van der Waals surface area (Å²) >= 11 is 1.41. The second kappa shape index (κ2) is 10.7. The van der Waals surface area contributed by atoms with Gasteiger partial charge in [0.15, 0.2) is 6.10 Å². The Bertz CT molecular complexity index is 751. The minimum atomic E-state index is -0.887. The normalized spacial score (nSPS) is 11.7. The van der Waals surface area contributed by atoms with Crippen LogP contribution in [0, 0.1) is 11.6 Å². The lowest BCUT2D eigenvalue weighted by molar-refractivity contribution is -0.154. The van der Waals surface area contributed by atoms with Gasteiger partial charge >= 0.3 is 5.97 Å². The van der Waals surface area contributed by atoms with Crippen molar-refractivity contribution in [3.63, 3.8) is 0 Å². The molecule has 0 aromatic heterocycles. The second-order valence-electron chi connectivity index (χ2n) is 5.85. The average molecular weight is 393 g/mol. The number of halogens is 2. The molecule has 0 bridgehead atoms. The Kier molecular flexibility index (Phi) is 8.26. The molecule has 0 saturated heterocycles. The maximum absolute atomic E-state index is 12.8. The van der Waals surface area contributed by atoms with Crippen molar-refractivity contribution in [2.75, 3.05) is 12.3 Å². The highest BCUT2D eigenvalue weighted by molar-refractivity contribution is 7.99. The maximum Gasteiger partial charge on any atom is 0.307 e. The van der Waals surface area contributed by atoms with Crippen LogP contribution in [0.4, 0.5) is 8.78 Å². The van der Waals surface area contributed by atoms with Crippen molar-refractivity contribution in [3.05, 3.63) is 65.7 Å². The van der Waals surface area contributed by atoms with E-state index >= 15 is 0 Å².